The Hall–Kier alpha value is -2.66. The summed E-state index contributed by atoms with van der Waals surface area (Å²) in [5, 5.41) is 19.3. The van der Waals surface area contributed by atoms with Crippen molar-refractivity contribution >= 4 is 12.4 Å². The molecule has 0 spiro atoms. The fraction of sp³-hybridized carbons (Fsp3) is 0.417. The molecule has 0 aliphatic carbocycles. The predicted octanol–water partition coefficient (Wildman–Crippen LogP) is 5.38. The van der Waals surface area contributed by atoms with Gasteiger partial charge in [0.2, 0.25) is 0 Å². The van der Waals surface area contributed by atoms with Gasteiger partial charge in [-0.1, -0.05) is 45.5 Å². The van der Waals surface area contributed by atoms with Crippen LogP contribution in [0.25, 0.3) is 0 Å². The van der Waals surface area contributed by atoms with E-state index in [4.69, 9.17) is 9.84 Å². The normalized spacial score (nSPS) is 13.6. The van der Waals surface area contributed by atoms with E-state index in [2.05, 4.69) is 13.8 Å². The van der Waals surface area contributed by atoms with Gasteiger partial charge in [0.25, 0.3) is 6.47 Å². The molecule has 0 aliphatic rings. The van der Waals surface area contributed by atoms with E-state index >= 15 is 0 Å². The first-order chi connectivity index (χ1) is 13.4. The van der Waals surface area contributed by atoms with Gasteiger partial charge in [-0.05, 0) is 72.9 Å². The number of aromatic carboxylic acids is 1. The zero-order valence-electron chi connectivity index (χ0n) is 16.4. The van der Waals surface area contributed by atoms with Gasteiger partial charge in [0.15, 0.2) is 0 Å². The standard InChI is InChI=1S/C23H28O5.CH4/c1-16(18-5-7-20(8-6-18)23(26)27)3-11-21(25)12-4-17(2)19-9-13-22(14-10-19)28-15-24;/h5-10,13-17,21,25H,3-4,11-12H2,1-2H3,(H,26,27);1H4/t16-,17-,21?;/m1./s1. The van der Waals surface area contributed by atoms with Crippen LogP contribution in [-0.2, 0) is 4.79 Å². The highest BCUT2D eigenvalue weighted by molar-refractivity contribution is 5.87. The lowest BCUT2D eigenvalue weighted by Crippen LogP contribution is -2.10. The molecule has 0 fully saturated rings. The van der Waals surface area contributed by atoms with Crippen LogP contribution in [0.3, 0.4) is 0 Å². The SMILES string of the molecule is C.C[C@H](CCC(O)CC[C@@H](C)c1ccc(C(=O)O)cc1)c1ccc(OC=O)cc1. The van der Waals surface area contributed by atoms with Crippen LogP contribution < -0.4 is 4.74 Å². The Morgan fingerprint density at radius 3 is 1.76 bits per heavy atom. The number of hydrogen-bond donors (Lipinski definition) is 2. The van der Waals surface area contributed by atoms with E-state index < -0.39 is 5.97 Å². The molecule has 0 amide bonds. The number of carboxylic acid groups (broad SMARTS) is 1. The lowest BCUT2D eigenvalue weighted by molar-refractivity contribution is -0.120. The molecule has 0 aromatic heterocycles. The molecule has 0 saturated carbocycles. The minimum Gasteiger partial charge on any atom is -0.478 e. The van der Waals surface area contributed by atoms with Crippen molar-refractivity contribution in [3.8, 4) is 5.75 Å². The van der Waals surface area contributed by atoms with Gasteiger partial charge in [-0.15, -0.1) is 0 Å². The molecule has 1 unspecified atom stereocenters. The molecule has 0 heterocycles. The summed E-state index contributed by atoms with van der Waals surface area (Å²) in [6.07, 6.45) is 2.79. The summed E-state index contributed by atoms with van der Waals surface area (Å²) in [4.78, 5) is 21.3. The zero-order chi connectivity index (χ0) is 20.5. The molecule has 5 heteroatoms. The van der Waals surface area contributed by atoms with Gasteiger partial charge in [-0.25, -0.2) is 4.79 Å². The van der Waals surface area contributed by atoms with E-state index in [1.165, 1.54) is 0 Å². The number of aliphatic hydroxyl groups excluding tert-OH is 1. The molecule has 0 saturated heterocycles. The Morgan fingerprint density at radius 1 is 0.897 bits per heavy atom. The number of hydrogen-bond acceptors (Lipinski definition) is 4. The van der Waals surface area contributed by atoms with Crippen molar-refractivity contribution in [2.75, 3.05) is 0 Å². The van der Waals surface area contributed by atoms with Crippen LogP contribution in [-0.4, -0.2) is 28.8 Å². The van der Waals surface area contributed by atoms with Crippen molar-refractivity contribution < 1.29 is 24.5 Å². The van der Waals surface area contributed by atoms with E-state index in [0.29, 0.717) is 24.6 Å². The zero-order valence-corrected chi connectivity index (χ0v) is 16.4. The molecule has 3 atom stereocenters. The van der Waals surface area contributed by atoms with Crippen molar-refractivity contribution in [1.29, 1.82) is 0 Å². The molecule has 0 bridgehead atoms. The number of carbonyl (C=O) groups is 2. The minimum atomic E-state index is -0.922. The second kappa shape index (κ2) is 12.0. The summed E-state index contributed by atoms with van der Waals surface area (Å²) in [6.45, 7) is 4.62. The third-order valence-electron chi connectivity index (χ3n) is 5.23. The van der Waals surface area contributed by atoms with Crippen LogP contribution in [0.15, 0.2) is 48.5 Å². The van der Waals surface area contributed by atoms with E-state index in [1.54, 1.807) is 24.3 Å². The average molecular weight is 401 g/mol. The maximum atomic E-state index is 10.9. The Bertz CT molecular complexity index is 752. The van der Waals surface area contributed by atoms with Gasteiger partial charge < -0.3 is 14.9 Å². The second-order valence-electron chi connectivity index (χ2n) is 7.32. The van der Waals surface area contributed by atoms with Gasteiger partial charge in [-0.2, -0.15) is 0 Å². The molecule has 2 aromatic rings. The van der Waals surface area contributed by atoms with E-state index in [-0.39, 0.29) is 25.0 Å². The third-order valence-corrected chi connectivity index (χ3v) is 5.23. The minimum absolute atomic E-state index is 0. The van der Waals surface area contributed by atoms with Gasteiger partial charge in [0.1, 0.15) is 5.75 Å². The summed E-state index contributed by atoms with van der Waals surface area (Å²) < 4.78 is 4.80. The first-order valence-electron chi connectivity index (χ1n) is 9.62. The number of benzene rings is 2. The van der Waals surface area contributed by atoms with Crippen LogP contribution in [0.2, 0.25) is 0 Å². The summed E-state index contributed by atoms with van der Waals surface area (Å²) >= 11 is 0. The maximum absolute atomic E-state index is 10.9. The molecule has 29 heavy (non-hydrogen) atoms. The number of ether oxygens (including phenoxy) is 1. The molecule has 0 radical (unpaired) electrons. The first kappa shape index (κ1) is 24.4. The molecule has 2 rings (SSSR count). The second-order valence-corrected chi connectivity index (χ2v) is 7.32. The number of carbonyl (C=O) groups excluding carboxylic acids is 1. The molecule has 5 nitrogen and oxygen atoms in total. The Balaban J connectivity index is 0.00000420. The van der Waals surface area contributed by atoms with Gasteiger partial charge in [0, 0.05) is 0 Å². The lowest BCUT2D eigenvalue weighted by atomic mass is 9.91. The van der Waals surface area contributed by atoms with Crippen LogP contribution in [0.5, 0.6) is 5.75 Å². The maximum Gasteiger partial charge on any atom is 0.335 e. The third kappa shape index (κ3) is 7.70. The summed E-state index contributed by atoms with van der Waals surface area (Å²) in [7, 11) is 0. The highest BCUT2D eigenvalue weighted by Gasteiger charge is 2.13. The molecule has 158 valence electrons. The average Bonchev–Trinajstić information content (AvgIpc) is 2.71. The van der Waals surface area contributed by atoms with Crippen LogP contribution in [0.1, 0.15) is 80.3 Å². The Morgan fingerprint density at radius 2 is 1.34 bits per heavy atom. The van der Waals surface area contributed by atoms with Crippen molar-refractivity contribution in [2.24, 2.45) is 0 Å². The molecular formula is C24H32O5. The number of aliphatic hydroxyl groups is 1. The van der Waals surface area contributed by atoms with Crippen LogP contribution in [0.4, 0.5) is 0 Å². The Labute approximate surface area is 173 Å². The van der Waals surface area contributed by atoms with Crippen molar-refractivity contribution in [3.63, 3.8) is 0 Å². The highest BCUT2D eigenvalue weighted by atomic mass is 16.5. The van der Waals surface area contributed by atoms with Crippen molar-refractivity contribution in [1.82, 2.24) is 0 Å². The predicted molar refractivity (Wildman–Crippen MR) is 115 cm³/mol. The smallest absolute Gasteiger partial charge is 0.335 e. The van der Waals surface area contributed by atoms with E-state index in [9.17, 15) is 14.7 Å². The number of rotatable bonds is 11. The largest absolute Gasteiger partial charge is 0.478 e. The van der Waals surface area contributed by atoms with E-state index in [1.807, 2.05) is 24.3 Å². The van der Waals surface area contributed by atoms with Gasteiger partial charge >= 0.3 is 5.97 Å². The first-order valence-corrected chi connectivity index (χ1v) is 9.62. The fourth-order valence-electron chi connectivity index (χ4n) is 3.25. The van der Waals surface area contributed by atoms with Crippen LogP contribution in [0, 0.1) is 0 Å². The van der Waals surface area contributed by atoms with Gasteiger partial charge in [0.05, 0.1) is 11.7 Å². The van der Waals surface area contributed by atoms with Crippen LogP contribution >= 0.6 is 0 Å². The summed E-state index contributed by atoms with van der Waals surface area (Å²) in [6, 6.07) is 14.4. The van der Waals surface area contributed by atoms with Crippen molar-refractivity contribution in [3.05, 3.63) is 65.2 Å². The summed E-state index contributed by atoms with van der Waals surface area (Å²) in [5.74, 6) is 0.173. The Kier molecular flexibility index (Phi) is 10.1. The molecule has 2 aromatic carbocycles. The monoisotopic (exact) mass is 400 g/mol. The molecule has 0 aliphatic heterocycles. The fourth-order valence-corrected chi connectivity index (χ4v) is 3.25. The van der Waals surface area contributed by atoms with E-state index in [0.717, 1.165) is 30.4 Å². The van der Waals surface area contributed by atoms with Gasteiger partial charge in [-0.3, -0.25) is 4.79 Å². The highest BCUT2D eigenvalue weighted by Crippen LogP contribution is 2.26. The topological polar surface area (TPSA) is 83.8 Å². The quantitative estimate of drug-likeness (QED) is 0.494. The molecular weight excluding hydrogens is 368 g/mol. The van der Waals surface area contributed by atoms with Crippen molar-refractivity contribution in [2.45, 2.75) is 64.9 Å². The summed E-state index contributed by atoms with van der Waals surface area (Å²) in [5.41, 5.74) is 2.52. The molecule has 2 N–H and O–H groups in total. The number of carboxylic acids is 1. The lowest BCUT2D eigenvalue weighted by Gasteiger charge is -2.18.